The molecule has 0 saturated heterocycles. The number of aliphatic hydroxyl groups is 1. The fourth-order valence-corrected chi connectivity index (χ4v) is 2.96. The highest BCUT2D eigenvalue weighted by atomic mass is 16.5. The Kier molecular flexibility index (Phi) is 5.22. The van der Waals surface area contributed by atoms with Gasteiger partial charge in [-0.2, -0.15) is 5.10 Å². The molecule has 3 rings (SSSR count). The summed E-state index contributed by atoms with van der Waals surface area (Å²) in [5, 5.41) is 19.6. The summed E-state index contributed by atoms with van der Waals surface area (Å²) in [5.74, 6) is -0.0921. The second-order valence-corrected chi connectivity index (χ2v) is 6.21. The first-order valence-corrected chi connectivity index (χ1v) is 8.44. The van der Waals surface area contributed by atoms with Crippen molar-refractivity contribution in [2.24, 2.45) is 0 Å². The van der Waals surface area contributed by atoms with E-state index in [1.54, 1.807) is 6.07 Å². The van der Waals surface area contributed by atoms with Crippen molar-refractivity contribution in [1.29, 1.82) is 0 Å². The molecule has 0 saturated carbocycles. The van der Waals surface area contributed by atoms with Crippen LogP contribution in [-0.4, -0.2) is 58.3 Å². The van der Waals surface area contributed by atoms with E-state index in [-0.39, 0.29) is 24.8 Å². The van der Waals surface area contributed by atoms with Crippen LogP contribution in [0, 0.1) is 6.92 Å². The molecule has 1 aliphatic heterocycles. The number of para-hydroxylation sites is 1. The third kappa shape index (κ3) is 3.55. The van der Waals surface area contributed by atoms with Gasteiger partial charge in [-0.25, -0.2) is 0 Å². The lowest BCUT2D eigenvalue weighted by Crippen LogP contribution is -2.44. The molecule has 2 amide bonds. The normalized spacial score (nSPS) is 14.5. The van der Waals surface area contributed by atoms with Crippen LogP contribution in [0.15, 0.2) is 24.3 Å². The number of H-pyrrole nitrogens is 1. The van der Waals surface area contributed by atoms with Crippen LogP contribution in [0.25, 0.3) is 0 Å². The minimum Gasteiger partial charge on any atom is -0.490 e. The number of hydrogen-bond donors (Lipinski definition) is 3. The molecule has 0 radical (unpaired) electrons. The highest BCUT2D eigenvalue weighted by Gasteiger charge is 2.30. The lowest BCUT2D eigenvalue weighted by Gasteiger charge is -2.29. The molecule has 0 aliphatic carbocycles. The molecule has 1 aliphatic rings. The summed E-state index contributed by atoms with van der Waals surface area (Å²) >= 11 is 0. The third-order valence-electron chi connectivity index (χ3n) is 4.46. The number of fused-ring (bicyclic) bond motifs is 1. The monoisotopic (exact) mass is 358 g/mol. The summed E-state index contributed by atoms with van der Waals surface area (Å²) in [6.07, 6.45) is -0.720. The molecular weight excluding hydrogens is 336 g/mol. The van der Waals surface area contributed by atoms with Crippen LogP contribution < -0.4 is 10.1 Å². The molecule has 8 nitrogen and oxygen atoms in total. The largest absolute Gasteiger partial charge is 0.490 e. The number of amides is 2. The Hall–Kier alpha value is -2.87. The van der Waals surface area contributed by atoms with E-state index < -0.39 is 12.0 Å². The maximum Gasteiger partial charge on any atom is 0.271 e. The Morgan fingerprint density at radius 3 is 2.92 bits per heavy atom. The average molecular weight is 358 g/mol. The van der Waals surface area contributed by atoms with Crippen molar-refractivity contribution in [1.82, 2.24) is 20.4 Å². The van der Waals surface area contributed by atoms with Crippen LogP contribution >= 0.6 is 0 Å². The number of carbonyl (C=O) groups is 2. The molecule has 2 heterocycles. The predicted octanol–water partition coefficient (Wildman–Crippen LogP) is 0.402. The van der Waals surface area contributed by atoms with Crippen molar-refractivity contribution in [3.63, 3.8) is 0 Å². The van der Waals surface area contributed by atoms with Crippen LogP contribution in [0.4, 0.5) is 0 Å². The number of hydrogen-bond acceptors (Lipinski definition) is 5. The maximum absolute atomic E-state index is 12.6. The van der Waals surface area contributed by atoms with Crippen LogP contribution in [-0.2, 0) is 17.8 Å². The van der Waals surface area contributed by atoms with Crippen molar-refractivity contribution in [2.45, 2.75) is 26.0 Å². The number of benzene rings is 1. The Morgan fingerprint density at radius 2 is 2.19 bits per heavy atom. The maximum atomic E-state index is 12.6. The van der Waals surface area contributed by atoms with Gasteiger partial charge in [-0.3, -0.25) is 14.7 Å². The molecule has 0 bridgehead atoms. The molecule has 0 spiro atoms. The van der Waals surface area contributed by atoms with E-state index in [4.69, 9.17) is 4.74 Å². The zero-order chi connectivity index (χ0) is 18.7. The summed E-state index contributed by atoms with van der Waals surface area (Å²) in [6.45, 7) is 2.45. The summed E-state index contributed by atoms with van der Waals surface area (Å²) in [6, 6.07) is 7.42. The number of carbonyl (C=O) groups excluding carboxylic acids is 2. The van der Waals surface area contributed by atoms with Crippen molar-refractivity contribution < 1.29 is 19.4 Å². The van der Waals surface area contributed by atoms with Crippen LogP contribution in [0.2, 0.25) is 0 Å². The predicted molar refractivity (Wildman–Crippen MR) is 93.8 cm³/mol. The number of nitrogens with zero attached hydrogens (tertiary/aromatic N) is 2. The van der Waals surface area contributed by atoms with Gasteiger partial charge < -0.3 is 20.1 Å². The molecular formula is C18H22N4O4. The molecule has 1 aromatic carbocycles. The van der Waals surface area contributed by atoms with Gasteiger partial charge in [0, 0.05) is 37.8 Å². The topological polar surface area (TPSA) is 108 Å². The Bertz CT molecular complexity index is 817. The number of aryl methyl sites for hydroxylation is 1. The summed E-state index contributed by atoms with van der Waals surface area (Å²) in [7, 11) is 1.53. The van der Waals surface area contributed by atoms with Gasteiger partial charge in [0.25, 0.3) is 11.8 Å². The van der Waals surface area contributed by atoms with Gasteiger partial charge in [-0.1, -0.05) is 18.2 Å². The molecule has 8 heteroatoms. The van der Waals surface area contributed by atoms with E-state index in [1.807, 2.05) is 25.1 Å². The van der Waals surface area contributed by atoms with E-state index >= 15 is 0 Å². The minimum atomic E-state index is -1.27. The first-order chi connectivity index (χ1) is 12.5. The number of ether oxygens (including phenoxy) is 1. The SMILES string of the molecule is CNC(=O)c1n[nH]c2c1CN(C(=O)[C@@H](O)COc1ccccc1C)CC2. The molecule has 0 unspecified atom stereocenters. The van der Waals surface area contributed by atoms with E-state index in [2.05, 4.69) is 15.5 Å². The van der Waals surface area contributed by atoms with Gasteiger partial charge in [0.15, 0.2) is 11.8 Å². The van der Waals surface area contributed by atoms with Gasteiger partial charge in [-0.15, -0.1) is 0 Å². The van der Waals surface area contributed by atoms with Gasteiger partial charge in [0.05, 0.1) is 0 Å². The van der Waals surface area contributed by atoms with E-state index in [0.29, 0.717) is 24.3 Å². The zero-order valence-electron chi connectivity index (χ0n) is 14.8. The average Bonchev–Trinajstić information content (AvgIpc) is 3.09. The second-order valence-electron chi connectivity index (χ2n) is 6.21. The highest BCUT2D eigenvalue weighted by molar-refractivity contribution is 5.94. The van der Waals surface area contributed by atoms with E-state index in [1.165, 1.54) is 11.9 Å². The molecule has 2 aromatic rings. The van der Waals surface area contributed by atoms with Crippen molar-refractivity contribution in [3.8, 4) is 5.75 Å². The standard InChI is InChI=1S/C18H22N4O4/c1-11-5-3-4-6-15(11)26-10-14(23)18(25)22-8-7-13-12(9-22)16(21-20-13)17(24)19-2/h3-6,14,23H,7-10H2,1-2H3,(H,19,24)(H,20,21)/t14-/m0/s1. The third-order valence-corrected chi connectivity index (χ3v) is 4.46. The van der Waals surface area contributed by atoms with Crippen molar-refractivity contribution in [2.75, 3.05) is 20.2 Å². The fraction of sp³-hybridized carbons (Fsp3) is 0.389. The number of aliphatic hydroxyl groups excluding tert-OH is 1. The summed E-state index contributed by atoms with van der Waals surface area (Å²) < 4.78 is 5.56. The van der Waals surface area contributed by atoms with Gasteiger partial charge in [-0.05, 0) is 18.6 Å². The van der Waals surface area contributed by atoms with Crippen molar-refractivity contribution in [3.05, 3.63) is 46.8 Å². The van der Waals surface area contributed by atoms with Gasteiger partial charge >= 0.3 is 0 Å². The van der Waals surface area contributed by atoms with Crippen molar-refractivity contribution >= 4 is 11.8 Å². The molecule has 1 atom stereocenters. The van der Waals surface area contributed by atoms with E-state index in [9.17, 15) is 14.7 Å². The quantitative estimate of drug-likeness (QED) is 0.717. The zero-order valence-corrected chi connectivity index (χ0v) is 14.8. The van der Waals surface area contributed by atoms with E-state index in [0.717, 1.165) is 11.3 Å². The first kappa shape index (κ1) is 17.9. The number of aromatic nitrogens is 2. The van der Waals surface area contributed by atoms with Gasteiger partial charge in [0.1, 0.15) is 12.4 Å². The highest BCUT2D eigenvalue weighted by Crippen LogP contribution is 2.21. The smallest absolute Gasteiger partial charge is 0.271 e. The van der Waals surface area contributed by atoms with Crippen LogP contribution in [0.1, 0.15) is 27.3 Å². The Balaban J connectivity index is 1.64. The second kappa shape index (κ2) is 7.57. The number of nitrogens with one attached hydrogen (secondary N) is 2. The summed E-state index contributed by atoms with van der Waals surface area (Å²) in [5.41, 5.74) is 2.75. The molecule has 0 fully saturated rings. The molecule has 26 heavy (non-hydrogen) atoms. The summed E-state index contributed by atoms with van der Waals surface area (Å²) in [4.78, 5) is 26.0. The van der Waals surface area contributed by atoms with Gasteiger partial charge in [0.2, 0.25) is 0 Å². The lowest BCUT2D eigenvalue weighted by molar-refractivity contribution is -0.142. The minimum absolute atomic E-state index is 0.124. The molecule has 1 aromatic heterocycles. The first-order valence-electron chi connectivity index (χ1n) is 8.44. The molecule has 138 valence electrons. The van der Waals surface area contributed by atoms with Crippen LogP contribution in [0.3, 0.4) is 0 Å². The lowest BCUT2D eigenvalue weighted by atomic mass is 10.0. The molecule has 3 N–H and O–H groups in total. The van der Waals surface area contributed by atoms with Crippen LogP contribution in [0.5, 0.6) is 5.75 Å². The number of rotatable bonds is 5. The Labute approximate surface area is 151 Å². The number of aromatic amines is 1. The Morgan fingerprint density at radius 1 is 1.42 bits per heavy atom. The fourth-order valence-electron chi connectivity index (χ4n) is 2.96.